The molecule has 0 aliphatic carbocycles. The second-order valence-electron chi connectivity index (χ2n) is 3.21. The third-order valence-corrected chi connectivity index (χ3v) is 2.16. The van der Waals surface area contributed by atoms with Crippen molar-refractivity contribution in [3.63, 3.8) is 0 Å². The van der Waals surface area contributed by atoms with E-state index in [1.165, 1.54) is 0 Å². The first-order valence-electron chi connectivity index (χ1n) is 5.26. The van der Waals surface area contributed by atoms with Gasteiger partial charge in [0, 0.05) is 11.4 Å². The second-order valence-corrected chi connectivity index (χ2v) is 3.65. The molecule has 88 valence electrons. The average molecular weight is 243 g/mol. The van der Waals surface area contributed by atoms with Crippen LogP contribution in [0.5, 0.6) is 5.75 Å². The number of rotatable bonds is 6. The van der Waals surface area contributed by atoms with E-state index in [2.05, 4.69) is 0 Å². The highest BCUT2D eigenvalue weighted by atomic mass is 35.5. The van der Waals surface area contributed by atoms with Gasteiger partial charge in [-0.2, -0.15) is 0 Å². The van der Waals surface area contributed by atoms with Gasteiger partial charge in [-0.1, -0.05) is 11.6 Å². The number of carbonyl (C=O) groups is 1. The summed E-state index contributed by atoms with van der Waals surface area (Å²) in [5.74, 6) is 0.579. The van der Waals surface area contributed by atoms with Crippen LogP contribution in [0.3, 0.4) is 0 Å². The van der Waals surface area contributed by atoms with Gasteiger partial charge < -0.3 is 9.47 Å². The Hall–Kier alpha value is -1.22. The fourth-order valence-electron chi connectivity index (χ4n) is 1.17. The maximum absolute atomic E-state index is 11.0. The summed E-state index contributed by atoms with van der Waals surface area (Å²) in [5.41, 5.74) is 0. The summed E-state index contributed by atoms with van der Waals surface area (Å²) in [6.07, 6.45) is 1.04. The molecule has 3 nitrogen and oxygen atoms in total. The van der Waals surface area contributed by atoms with Crippen LogP contribution in [-0.2, 0) is 9.53 Å². The summed E-state index contributed by atoms with van der Waals surface area (Å²) in [5, 5.41) is 0.680. The predicted octanol–water partition coefficient (Wildman–Crippen LogP) is 3.06. The Labute approximate surface area is 100 Å². The van der Waals surface area contributed by atoms with Crippen molar-refractivity contribution in [2.45, 2.75) is 19.8 Å². The molecule has 0 heterocycles. The molecule has 0 spiro atoms. The van der Waals surface area contributed by atoms with Gasteiger partial charge in [0.05, 0.1) is 13.2 Å². The van der Waals surface area contributed by atoms with Crippen molar-refractivity contribution in [1.29, 1.82) is 0 Å². The lowest BCUT2D eigenvalue weighted by Crippen LogP contribution is -2.06. The number of hydrogen-bond acceptors (Lipinski definition) is 3. The lowest BCUT2D eigenvalue weighted by atomic mass is 10.3. The molecule has 0 bridgehead atoms. The first kappa shape index (κ1) is 12.8. The quantitative estimate of drug-likeness (QED) is 0.568. The van der Waals surface area contributed by atoms with Crippen molar-refractivity contribution in [1.82, 2.24) is 0 Å². The maximum atomic E-state index is 11.0. The van der Waals surface area contributed by atoms with E-state index < -0.39 is 0 Å². The summed E-state index contributed by atoms with van der Waals surface area (Å²) in [6.45, 7) is 2.72. The lowest BCUT2D eigenvalue weighted by Gasteiger charge is -2.05. The normalized spacial score (nSPS) is 9.88. The Bertz CT molecular complexity index is 322. The number of esters is 1. The molecule has 1 aromatic rings. The minimum atomic E-state index is -0.179. The van der Waals surface area contributed by atoms with Crippen molar-refractivity contribution in [3.8, 4) is 5.75 Å². The number of carbonyl (C=O) groups excluding carboxylic acids is 1. The predicted molar refractivity (Wildman–Crippen MR) is 62.8 cm³/mol. The van der Waals surface area contributed by atoms with E-state index in [1.54, 1.807) is 31.2 Å². The Morgan fingerprint density at radius 1 is 1.31 bits per heavy atom. The van der Waals surface area contributed by atoms with Gasteiger partial charge in [-0.15, -0.1) is 0 Å². The van der Waals surface area contributed by atoms with Crippen LogP contribution in [0.4, 0.5) is 0 Å². The van der Waals surface area contributed by atoms with E-state index >= 15 is 0 Å². The Balaban J connectivity index is 2.16. The van der Waals surface area contributed by atoms with Crippen molar-refractivity contribution in [3.05, 3.63) is 29.3 Å². The monoisotopic (exact) mass is 242 g/mol. The molecule has 0 amide bonds. The maximum Gasteiger partial charge on any atom is 0.305 e. The van der Waals surface area contributed by atoms with E-state index in [-0.39, 0.29) is 5.97 Å². The molecule has 0 N–H and O–H groups in total. The standard InChI is InChI=1S/C12H15ClO3/c1-2-15-12(14)4-3-9-16-11-7-5-10(13)6-8-11/h5-8H,2-4,9H2,1H3. The van der Waals surface area contributed by atoms with Crippen molar-refractivity contribution < 1.29 is 14.3 Å². The largest absolute Gasteiger partial charge is 0.494 e. The fourth-order valence-corrected chi connectivity index (χ4v) is 1.30. The highest BCUT2D eigenvalue weighted by Gasteiger charge is 2.01. The topological polar surface area (TPSA) is 35.5 Å². The molecule has 0 fully saturated rings. The highest BCUT2D eigenvalue weighted by Crippen LogP contribution is 2.15. The molecule has 16 heavy (non-hydrogen) atoms. The van der Waals surface area contributed by atoms with E-state index in [1.807, 2.05) is 0 Å². The lowest BCUT2D eigenvalue weighted by molar-refractivity contribution is -0.143. The summed E-state index contributed by atoms with van der Waals surface area (Å²) in [4.78, 5) is 11.0. The van der Waals surface area contributed by atoms with Crippen molar-refractivity contribution in [2.75, 3.05) is 13.2 Å². The Kier molecular flexibility index (Phi) is 5.72. The van der Waals surface area contributed by atoms with Crippen LogP contribution in [0.15, 0.2) is 24.3 Å². The molecule has 0 unspecified atom stereocenters. The summed E-state index contributed by atoms with van der Waals surface area (Å²) in [6, 6.07) is 7.13. The molecule has 4 heteroatoms. The number of halogens is 1. The third kappa shape index (κ3) is 5.03. The first-order valence-corrected chi connectivity index (χ1v) is 5.64. The molecule has 0 radical (unpaired) electrons. The van der Waals surface area contributed by atoms with E-state index in [4.69, 9.17) is 21.1 Å². The Morgan fingerprint density at radius 3 is 2.62 bits per heavy atom. The summed E-state index contributed by atoms with van der Waals surface area (Å²) >= 11 is 5.73. The number of benzene rings is 1. The smallest absolute Gasteiger partial charge is 0.305 e. The van der Waals surface area contributed by atoms with Crippen LogP contribution in [0.2, 0.25) is 5.02 Å². The van der Waals surface area contributed by atoms with E-state index in [0.717, 1.165) is 5.75 Å². The van der Waals surface area contributed by atoms with Gasteiger partial charge in [0.2, 0.25) is 0 Å². The van der Waals surface area contributed by atoms with Gasteiger partial charge in [0.1, 0.15) is 5.75 Å². The van der Waals surface area contributed by atoms with Gasteiger partial charge in [-0.3, -0.25) is 4.79 Å². The summed E-state index contributed by atoms with van der Waals surface area (Å²) in [7, 11) is 0. The molecule has 0 aliphatic rings. The third-order valence-electron chi connectivity index (χ3n) is 1.91. The van der Waals surface area contributed by atoms with Crippen molar-refractivity contribution in [2.24, 2.45) is 0 Å². The van der Waals surface area contributed by atoms with Crippen LogP contribution >= 0.6 is 11.6 Å². The molecule has 1 rings (SSSR count). The van der Waals surface area contributed by atoms with Crippen LogP contribution in [0, 0.1) is 0 Å². The molecule has 1 aromatic carbocycles. The van der Waals surface area contributed by atoms with Crippen molar-refractivity contribution >= 4 is 17.6 Å². The highest BCUT2D eigenvalue weighted by molar-refractivity contribution is 6.30. The SMILES string of the molecule is CCOC(=O)CCCOc1ccc(Cl)cc1. The molecule has 0 saturated carbocycles. The van der Waals surface area contributed by atoms with Gasteiger partial charge in [0.15, 0.2) is 0 Å². The molecule has 0 aromatic heterocycles. The zero-order valence-electron chi connectivity index (χ0n) is 9.24. The molecular formula is C12H15ClO3. The Morgan fingerprint density at radius 2 is 2.00 bits per heavy atom. The molecular weight excluding hydrogens is 228 g/mol. The van der Waals surface area contributed by atoms with Crippen LogP contribution in [0.25, 0.3) is 0 Å². The van der Waals surface area contributed by atoms with Gasteiger partial charge in [0.25, 0.3) is 0 Å². The minimum absolute atomic E-state index is 0.179. The molecule has 0 aliphatic heterocycles. The fraction of sp³-hybridized carbons (Fsp3) is 0.417. The molecule has 0 saturated heterocycles. The first-order chi connectivity index (χ1) is 7.72. The zero-order chi connectivity index (χ0) is 11.8. The summed E-state index contributed by atoms with van der Waals surface area (Å²) < 4.78 is 10.2. The van der Waals surface area contributed by atoms with Crippen LogP contribution in [0.1, 0.15) is 19.8 Å². The average Bonchev–Trinajstić information content (AvgIpc) is 2.27. The number of ether oxygens (including phenoxy) is 2. The molecule has 0 atom stereocenters. The zero-order valence-corrected chi connectivity index (χ0v) is 10.00. The minimum Gasteiger partial charge on any atom is -0.494 e. The van der Waals surface area contributed by atoms with E-state index in [9.17, 15) is 4.79 Å². The van der Waals surface area contributed by atoms with Crippen LogP contribution in [-0.4, -0.2) is 19.2 Å². The van der Waals surface area contributed by atoms with E-state index in [0.29, 0.717) is 31.1 Å². The number of hydrogen-bond donors (Lipinski definition) is 0. The van der Waals surface area contributed by atoms with Gasteiger partial charge in [-0.25, -0.2) is 0 Å². The van der Waals surface area contributed by atoms with Gasteiger partial charge in [-0.05, 0) is 37.6 Å². The second kappa shape index (κ2) is 7.12. The van der Waals surface area contributed by atoms with Crippen LogP contribution < -0.4 is 4.74 Å². The van der Waals surface area contributed by atoms with Gasteiger partial charge >= 0.3 is 5.97 Å².